The van der Waals surface area contributed by atoms with Gasteiger partial charge in [-0.1, -0.05) is 61.5 Å². The molecule has 0 unspecified atom stereocenters. The van der Waals surface area contributed by atoms with Crippen molar-refractivity contribution < 1.29 is 4.39 Å². The van der Waals surface area contributed by atoms with Gasteiger partial charge in [-0.25, -0.2) is 14.4 Å². The van der Waals surface area contributed by atoms with Gasteiger partial charge in [0.25, 0.3) is 0 Å². The highest BCUT2D eigenvalue weighted by molar-refractivity contribution is 9.10. The maximum absolute atomic E-state index is 13.8. The van der Waals surface area contributed by atoms with Crippen LogP contribution in [0.1, 0.15) is 11.1 Å². The van der Waals surface area contributed by atoms with Crippen LogP contribution < -0.4 is 11.5 Å². The summed E-state index contributed by atoms with van der Waals surface area (Å²) in [5.41, 5.74) is 15.5. The monoisotopic (exact) mass is 580 g/mol. The van der Waals surface area contributed by atoms with E-state index in [1.807, 2.05) is 48.5 Å². The first kappa shape index (κ1) is 23.8. The standard InChI is InChI=1S/C22H19Br2FN4S2/c23-16-2-7-19(8-3-16)28-21(26)30-12-14-1-6-18(25)11-15(14)13-31-22(27)29-20-9-4-17(24)5-10-20/h1-11H,12-13H2,(H2,26,28)(H2,27,29). The molecule has 3 aromatic carbocycles. The largest absolute Gasteiger partial charge is 0.378 e. The fourth-order valence-electron chi connectivity index (χ4n) is 2.52. The maximum atomic E-state index is 13.8. The lowest BCUT2D eigenvalue weighted by atomic mass is 10.1. The van der Waals surface area contributed by atoms with Gasteiger partial charge in [0.15, 0.2) is 10.3 Å². The molecule has 0 radical (unpaired) electrons. The number of nitrogens with two attached hydrogens (primary N) is 2. The summed E-state index contributed by atoms with van der Waals surface area (Å²) in [5.74, 6) is 0.791. The Morgan fingerprint density at radius 3 is 1.65 bits per heavy atom. The summed E-state index contributed by atoms with van der Waals surface area (Å²) in [6.07, 6.45) is 0. The van der Waals surface area contributed by atoms with E-state index < -0.39 is 0 Å². The normalized spacial score (nSPS) is 12.2. The lowest BCUT2D eigenvalue weighted by Crippen LogP contribution is -2.08. The molecule has 160 valence electrons. The molecule has 0 aliphatic rings. The number of halogens is 3. The van der Waals surface area contributed by atoms with E-state index in [-0.39, 0.29) is 5.82 Å². The zero-order chi connectivity index (χ0) is 22.2. The summed E-state index contributed by atoms with van der Waals surface area (Å²) in [6.45, 7) is 0. The highest BCUT2D eigenvalue weighted by atomic mass is 79.9. The van der Waals surface area contributed by atoms with Crippen molar-refractivity contribution in [2.24, 2.45) is 21.5 Å². The molecule has 0 aliphatic heterocycles. The maximum Gasteiger partial charge on any atom is 0.159 e. The van der Waals surface area contributed by atoms with Crippen LogP contribution in [0.4, 0.5) is 15.8 Å². The molecular formula is C22H19Br2FN4S2. The SMILES string of the molecule is NC(=Nc1ccc(Br)cc1)SCc1cc(F)ccc1CS/C(N)=N/c1ccc(Br)cc1. The quantitative estimate of drug-likeness (QED) is 0.240. The van der Waals surface area contributed by atoms with Gasteiger partial charge in [-0.15, -0.1) is 0 Å². The molecule has 3 rings (SSSR count). The van der Waals surface area contributed by atoms with Crippen molar-refractivity contribution in [1.82, 2.24) is 0 Å². The van der Waals surface area contributed by atoms with Crippen molar-refractivity contribution in [3.8, 4) is 0 Å². The lowest BCUT2D eigenvalue weighted by molar-refractivity contribution is 0.626. The van der Waals surface area contributed by atoms with Crippen molar-refractivity contribution in [1.29, 1.82) is 0 Å². The molecule has 4 N–H and O–H groups in total. The van der Waals surface area contributed by atoms with Crippen LogP contribution in [0.3, 0.4) is 0 Å². The minimum atomic E-state index is -0.288. The van der Waals surface area contributed by atoms with Crippen LogP contribution in [0.5, 0.6) is 0 Å². The third-order valence-electron chi connectivity index (χ3n) is 4.05. The molecule has 0 heterocycles. The highest BCUT2D eigenvalue weighted by Gasteiger charge is 2.08. The molecule has 0 fully saturated rings. The molecule has 0 aliphatic carbocycles. The van der Waals surface area contributed by atoms with E-state index in [2.05, 4.69) is 41.8 Å². The highest BCUT2D eigenvalue weighted by Crippen LogP contribution is 2.25. The summed E-state index contributed by atoms with van der Waals surface area (Å²) in [5, 5.41) is 0.864. The van der Waals surface area contributed by atoms with Crippen molar-refractivity contribution >= 4 is 77.1 Å². The minimum Gasteiger partial charge on any atom is -0.378 e. The van der Waals surface area contributed by atoms with Gasteiger partial charge in [0.05, 0.1) is 11.4 Å². The van der Waals surface area contributed by atoms with E-state index in [4.69, 9.17) is 11.5 Å². The molecule has 0 saturated carbocycles. The lowest BCUT2D eigenvalue weighted by Gasteiger charge is -2.10. The molecule has 0 atom stereocenters. The van der Waals surface area contributed by atoms with Crippen molar-refractivity contribution in [2.45, 2.75) is 11.5 Å². The Morgan fingerprint density at radius 2 is 1.16 bits per heavy atom. The molecule has 0 spiro atoms. The number of amidine groups is 2. The smallest absolute Gasteiger partial charge is 0.159 e. The minimum absolute atomic E-state index is 0.288. The van der Waals surface area contributed by atoms with Crippen LogP contribution in [0.25, 0.3) is 0 Å². The molecule has 4 nitrogen and oxygen atoms in total. The first-order valence-electron chi connectivity index (χ1n) is 9.11. The van der Waals surface area contributed by atoms with Crippen LogP contribution in [0.15, 0.2) is 85.7 Å². The first-order chi connectivity index (χ1) is 14.9. The average Bonchev–Trinajstić information content (AvgIpc) is 2.75. The van der Waals surface area contributed by atoms with E-state index in [0.717, 1.165) is 31.4 Å². The van der Waals surface area contributed by atoms with Crippen LogP contribution in [0, 0.1) is 5.82 Å². The van der Waals surface area contributed by atoms with Gasteiger partial charge in [-0.05, 0) is 71.8 Å². The Hall–Kier alpha value is -1.81. The number of benzene rings is 3. The zero-order valence-electron chi connectivity index (χ0n) is 16.3. The van der Waals surface area contributed by atoms with E-state index >= 15 is 0 Å². The Labute approximate surface area is 206 Å². The van der Waals surface area contributed by atoms with Crippen LogP contribution in [-0.2, 0) is 11.5 Å². The summed E-state index contributed by atoms with van der Waals surface area (Å²) in [4.78, 5) is 8.79. The number of hydrogen-bond donors (Lipinski definition) is 2. The Balaban J connectivity index is 1.64. The van der Waals surface area contributed by atoms with Gasteiger partial charge in [-0.3, -0.25) is 0 Å². The van der Waals surface area contributed by atoms with Crippen molar-refractivity contribution in [2.75, 3.05) is 0 Å². The van der Waals surface area contributed by atoms with Gasteiger partial charge < -0.3 is 11.5 Å². The van der Waals surface area contributed by atoms with Gasteiger partial charge in [-0.2, -0.15) is 0 Å². The van der Waals surface area contributed by atoms with Crippen molar-refractivity contribution in [3.05, 3.63) is 92.6 Å². The molecule has 0 bridgehead atoms. The second-order valence-corrected chi connectivity index (χ2v) is 10.2. The topological polar surface area (TPSA) is 76.8 Å². The number of thioether (sulfide) groups is 2. The third kappa shape index (κ3) is 7.99. The van der Waals surface area contributed by atoms with Gasteiger partial charge >= 0.3 is 0 Å². The van der Waals surface area contributed by atoms with E-state index in [9.17, 15) is 4.39 Å². The Morgan fingerprint density at radius 1 is 0.710 bits per heavy atom. The molecule has 31 heavy (non-hydrogen) atoms. The number of rotatable bonds is 6. The fourth-order valence-corrected chi connectivity index (χ4v) is 4.55. The summed E-state index contributed by atoms with van der Waals surface area (Å²) >= 11 is 9.56. The van der Waals surface area contributed by atoms with Gasteiger partial charge in [0, 0.05) is 20.5 Å². The van der Waals surface area contributed by atoms with Crippen LogP contribution in [-0.4, -0.2) is 10.3 Å². The molecule has 9 heteroatoms. The van der Waals surface area contributed by atoms with Crippen molar-refractivity contribution in [3.63, 3.8) is 0 Å². The van der Waals surface area contributed by atoms with Gasteiger partial charge in [0.1, 0.15) is 5.82 Å². The molecule has 0 saturated heterocycles. The predicted molar refractivity (Wildman–Crippen MR) is 140 cm³/mol. The third-order valence-corrected chi connectivity index (χ3v) is 6.79. The Kier molecular flexibility index (Phi) is 9.01. The van der Waals surface area contributed by atoms with Crippen LogP contribution in [0.2, 0.25) is 0 Å². The fraction of sp³-hybridized carbons (Fsp3) is 0.0909. The van der Waals surface area contributed by atoms with E-state index in [0.29, 0.717) is 21.8 Å². The second kappa shape index (κ2) is 11.7. The Bertz CT molecular complexity index is 1090. The molecule has 0 aromatic heterocycles. The summed E-state index contributed by atoms with van der Waals surface area (Å²) in [7, 11) is 0. The summed E-state index contributed by atoms with van der Waals surface area (Å²) in [6, 6.07) is 19.9. The zero-order valence-corrected chi connectivity index (χ0v) is 21.1. The number of hydrogen-bond acceptors (Lipinski definition) is 4. The number of nitrogens with zero attached hydrogens (tertiary/aromatic N) is 2. The molecule has 3 aromatic rings. The van der Waals surface area contributed by atoms with Crippen LogP contribution >= 0.6 is 55.4 Å². The number of aliphatic imine (C=N–C) groups is 2. The second-order valence-electron chi connectivity index (χ2n) is 6.34. The van der Waals surface area contributed by atoms with E-state index in [1.165, 1.54) is 35.7 Å². The summed E-state index contributed by atoms with van der Waals surface area (Å²) < 4.78 is 15.8. The van der Waals surface area contributed by atoms with Gasteiger partial charge in [0.2, 0.25) is 0 Å². The first-order valence-corrected chi connectivity index (χ1v) is 12.7. The average molecular weight is 582 g/mol. The molecule has 0 amide bonds. The molecular weight excluding hydrogens is 563 g/mol. The predicted octanol–water partition coefficient (Wildman–Crippen LogP) is 7.11. The van der Waals surface area contributed by atoms with E-state index in [1.54, 1.807) is 6.07 Å².